The number of carbonyl (C=O) groups excluding carboxylic acids is 2. The van der Waals surface area contributed by atoms with Crippen LogP contribution in [-0.4, -0.2) is 26.8 Å². The van der Waals surface area contributed by atoms with E-state index in [9.17, 15) is 22.4 Å². The van der Waals surface area contributed by atoms with Crippen LogP contribution in [0.15, 0.2) is 47.4 Å². The molecule has 0 spiro atoms. The van der Waals surface area contributed by atoms with Crippen molar-refractivity contribution < 1.29 is 22.4 Å². The first-order valence-corrected chi connectivity index (χ1v) is 10.4. The molecule has 4 N–H and O–H groups in total. The topological polar surface area (TPSA) is 118 Å². The number of anilines is 1. The molecule has 0 saturated carbocycles. The van der Waals surface area contributed by atoms with E-state index >= 15 is 0 Å². The summed E-state index contributed by atoms with van der Waals surface area (Å²) in [6.07, 6.45) is -0.0812. The number of carbonyl (C=O) groups is 2. The molecule has 29 heavy (non-hydrogen) atoms. The molecule has 0 unspecified atom stereocenters. The summed E-state index contributed by atoms with van der Waals surface area (Å²) in [6.45, 7) is 6.28. The van der Waals surface area contributed by atoms with Crippen molar-refractivity contribution in [3.8, 4) is 0 Å². The van der Waals surface area contributed by atoms with Crippen LogP contribution in [0.25, 0.3) is 0 Å². The zero-order valence-corrected chi connectivity index (χ0v) is 17.3. The number of halogens is 1. The van der Waals surface area contributed by atoms with Crippen LogP contribution >= 0.6 is 0 Å². The van der Waals surface area contributed by atoms with Gasteiger partial charge in [0.2, 0.25) is 15.9 Å². The van der Waals surface area contributed by atoms with Gasteiger partial charge in [0, 0.05) is 18.5 Å². The summed E-state index contributed by atoms with van der Waals surface area (Å²) in [6, 6.07) is 10.1. The fourth-order valence-electron chi connectivity index (χ4n) is 2.50. The monoisotopic (exact) mass is 421 g/mol. The molecule has 0 bridgehead atoms. The maximum absolute atomic E-state index is 13.9. The van der Waals surface area contributed by atoms with Crippen LogP contribution in [0.5, 0.6) is 0 Å². The summed E-state index contributed by atoms with van der Waals surface area (Å²) in [5.74, 6) is -1.77. The maximum Gasteiger partial charge on any atom is 0.251 e. The van der Waals surface area contributed by atoms with Crippen LogP contribution in [0.1, 0.15) is 43.1 Å². The van der Waals surface area contributed by atoms with Gasteiger partial charge in [0.05, 0.1) is 10.6 Å². The molecule has 0 atom stereocenters. The summed E-state index contributed by atoms with van der Waals surface area (Å²) >= 11 is 0. The van der Waals surface area contributed by atoms with Crippen molar-refractivity contribution in [2.45, 2.75) is 37.5 Å². The smallest absolute Gasteiger partial charge is 0.251 e. The molecule has 0 aromatic heterocycles. The van der Waals surface area contributed by atoms with Crippen molar-refractivity contribution in [1.82, 2.24) is 5.32 Å². The molecular weight excluding hydrogens is 397 g/mol. The fourth-order valence-corrected chi connectivity index (χ4v) is 3.03. The molecule has 0 fully saturated rings. The van der Waals surface area contributed by atoms with Gasteiger partial charge in [-0.1, -0.05) is 32.9 Å². The van der Waals surface area contributed by atoms with Gasteiger partial charge in [-0.05, 0) is 41.3 Å². The van der Waals surface area contributed by atoms with Crippen molar-refractivity contribution in [2.75, 3.05) is 11.9 Å². The lowest BCUT2D eigenvalue weighted by atomic mass is 9.87. The van der Waals surface area contributed by atoms with Crippen molar-refractivity contribution >= 4 is 27.5 Å². The zero-order chi connectivity index (χ0) is 21.8. The van der Waals surface area contributed by atoms with Crippen molar-refractivity contribution in [3.05, 3.63) is 59.4 Å². The first-order chi connectivity index (χ1) is 13.4. The molecule has 2 rings (SSSR count). The standard InChI is InChI=1S/C20H24FN3O4S/c1-20(2,3)14-6-4-13(5-7-14)19(26)23-11-10-18(25)24-17-9-8-15(12-16(17)21)29(22,27)28/h4-9,12H,10-11H2,1-3H3,(H,23,26)(H,24,25)(H2,22,27,28). The lowest BCUT2D eigenvalue weighted by Gasteiger charge is -2.19. The molecule has 2 aromatic carbocycles. The number of benzene rings is 2. The van der Waals surface area contributed by atoms with E-state index in [0.29, 0.717) is 5.56 Å². The van der Waals surface area contributed by atoms with Crippen molar-refractivity contribution in [3.63, 3.8) is 0 Å². The Morgan fingerprint density at radius 1 is 1.07 bits per heavy atom. The maximum atomic E-state index is 13.9. The van der Waals surface area contributed by atoms with Crippen LogP contribution in [-0.2, 0) is 20.2 Å². The Morgan fingerprint density at radius 2 is 1.69 bits per heavy atom. The number of sulfonamides is 1. The SMILES string of the molecule is CC(C)(C)c1ccc(C(=O)NCCC(=O)Nc2ccc(S(N)(=O)=O)cc2F)cc1. The Kier molecular flexibility index (Phi) is 6.76. The number of amides is 2. The largest absolute Gasteiger partial charge is 0.352 e. The van der Waals surface area contributed by atoms with Gasteiger partial charge < -0.3 is 10.6 Å². The summed E-state index contributed by atoms with van der Waals surface area (Å²) in [5.41, 5.74) is 1.38. The number of hydrogen-bond donors (Lipinski definition) is 3. The zero-order valence-electron chi connectivity index (χ0n) is 16.5. The number of nitrogens with two attached hydrogens (primary N) is 1. The Bertz CT molecular complexity index is 1010. The lowest BCUT2D eigenvalue weighted by Crippen LogP contribution is -2.28. The molecule has 9 heteroatoms. The van der Waals surface area contributed by atoms with E-state index in [-0.39, 0.29) is 30.0 Å². The van der Waals surface area contributed by atoms with Crippen LogP contribution in [0.3, 0.4) is 0 Å². The normalized spacial score (nSPS) is 11.8. The second kappa shape index (κ2) is 8.71. The first kappa shape index (κ1) is 22.5. The van der Waals surface area contributed by atoms with Crippen LogP contribution in [0, 0.1) is 5.82 Å². The van der Waals surface area contributed by atoms with Gasteiger partial charge >= 0.3 is 0 Å². The van der Waals surface area contributed by atoms with Gasteiger partial charge in [-0.25, -0.2) is 17.9 Å². The first-order valence-electron chi connectivity index (χ1n) is 8.89. The average molecular weight is 421 g/mol. The predicted molar refractivity (Wildman–Crippen MR) is 108 cm³/mol. The highest BCUT2D eigenvalue weighted by Crippen LogP contribution is 2.22. The molecule has 0 heterocycles. The minimum Gasteiger partial charge on any atom is -0.352 e. The second-order valence-corrected chi connectivity index (χ2v) is 9.13. The Morgan fingerprint density at radius 3 is 2.21 bits per heavy atom. The summed E-state index contributed by atoms with van der Waals surface area (Å²) in [7, 11) is -4.03. The van der Waals surface area contributed by atoms with E-state index in [1.54, 1.807) is 12.1 Å². The minimum atomic E-state index is -4.03. The van der Waals surface area contributed by atoms with Crippen molar-refractivity contribution in [2.24, 2.45) is 5.14 Å². The molecule has 0 aliphatic carbocycles. The third-order valence-corrected chi connectivity index (χ3v) is 5.10. The van der Waals surface area contributed by atoms with Crippen molar-refractivity contribution in [1.29, 1.82) is 0 Å². The van der Waals surface area contributed by atoms with E-state index in [1.165, 1.54) is 0 Å². The van der Waals surface area contributed by atoms with E-state index in [0.717, 1.165) is 23.8 Å². The number of hydrogen-bond acceptors (Lipinski definition) is 4. The van der Waals surface area contributed by atoms with Crippen LogP contribution < -0.4 is 15.8 Å². The predicted octanol–water partition coefficient (Wildman–Crippen LogP) is 2.53. The highest BCUT2D eigenvalue weighted by molar-refractivity contribution is 7.89. The number of primary sulfonamides is 1. The average Bonchev–Trinajstić information content (AvgIpc) is 2.62. The molecule has 156 valence electrons. The molecule has 2 aromatic rings. The van der Waals surface area contributed by atoms with Gasteiger partial charge in [0.25, 0.3) is 5.91 Å². The van der Waals surface area contributed by atoms with Gasteiger partial charge in [-0.2, -0.15) is 0 Å². The van der Waals surface area contributed by atoms with Gasteiger partial charge in [0.1, 0.15) is 5.82 Å². The third kappa shape index (κ3) is 6.37. The Balaban J connectivity index is 1.87. The highest BCUT2D eigenvalue weighted by atomic mass is 32.2. The van der Waals surface area contributed by atoms with E-state index in [2.05, 4.69) is 31.4 Å². The fraction of sp³-hybridized carbons (Fsp3) is 0.300. The third-order valence-electron chi connectivity index (χ3n) is 4.19. The molecule has 0 saturated heterocycles. The van der Waals surface area contributed by atoms with Gasteiger partial charge in [-0.3, -0.25) is 9.59 Å². The molecule has 0 radical (unpaired) electrons. The van der Waals surface area contributed by atoms with Crippen LogP contribution in [0.2, 0.25) is 0 Å². The van der Waals surface area contributed by atoms with E-state index < -0.39 is 26.6 Å². The summed E-state index contributed by atoms with van der Waals surface area (Å²) < 4.78 is 36.3. The number of nitrogens with one attached hydrogen (secondary N) is 2. The van der Waals surface area contributed by atoms with Gasteiger partial charge in [-0.15, -0.1) is 0 Å². The van der Waals surface area contributed by atoms with Crippen LogP contribution in [0.4, 0.5) is 10.1 Å². The van der Waals surface area contributed by atoms with Gasteiger partial charge in [0.15, 0.2) is 0 Å². The van der Waals surface area contributed by atoms with E-state index in [4.69, 9.17) is 5.14 Å². The molecule has 0 aliphatic heterocycles. The summed E-state index contributed by atoms with van der Waals surface area (Å²) in [5, 5.41) is 9.88. The molecule has 2 amide bonds. The Hall–Kier alpha value is -2.78. The van der Waals surface area contributed by atoms with E-state index in [1.807, 2.05) is 12.1 Å². The summed E-state index contributed by atoms with van der Waals surface area (Å²) in [4.78, 5) is 23.7. The second-order valence-electron chi connectivity index (χ2n) is 7.57. The Labute approximate surface area is 169 Å². The minimum absolute atomic E-state index is 0.0189. The highest BCUT2D eigenvalue weighted by Gasteiger charge is 2.15. The lowest BCUT2D eigenvalue weighted by molar-refractivity contribution is -0.116. The quantitative estimate of drug-likeness (QED) is 0.664. The molecule has 0 aliphatic rings. The number of rotatable bonds is 6. The molecular formula is C20H24FN3O4S. The molecule has 7 nitrogen and oxygen atoms in total.